The summed E-state index contributed by atoms with van der Waals surface area (Å²) in [6.07, 6.45) is 1.65. The first-order valence-electron chi connectivity index (χ1n) is 11.1. The Morgan fingerprint density at radius 3 is 2.47 bits per heavy atom. The molecule has 5 nitrogen and oxygen atoms in total. The summed E-state index contributed by atoms with van der Waals surface area (Å²) in [6, 6.07) is 32.2. The van der Waals surface area contributed by atoms with Crippen molar-refractivity contribution in [1.29, 1.82) is 0 Å². The predicted octanol–water partition coefficient (Wildman–Crippen LogP) is 6.07. The van der Waals surface area contributed by atoms with Gasteiger partial charge in [-0.1, -0.05) is 72.8 Å². The lowest BCUT2D eigenvalue weighted by atomic mass is 10.0. The maximum absolute atomic E-state index is 12.9. The molecule has 0 radical (unpaired) electrons. The number of fused-ring (bicyclic) bond motifs is 1. The fraction of sp³-hybridized carbons (Fsp3) is 0.0690. The molecule has 0 aliphatic carbocycles. The van der Waals surface area contributed by atoms with E-state index < -0.39 is 0 Å². The first kappa shape index (κ1) is 21.3. The van der Waals surface area contributed by atoms with Gasteiger partial charge in [-0.15, -0.1) is 0 Å². The number of aromatic nitrogens is 2. The lowest BCUT2D eigenvalue weighted by Crippen LogP contribution is -2.18. The fourth-order valence-corrected chi connectivity index (χ4v) is 3.95. The van der Waals surface area contributed by atoms with Gasteiger partial charge in [0.1, 0.15) is 0 Å². The molecule has 1 heterocycles. The highest BCUT2D eigenvalue weighted by Gasteiger charge is 2.17. The lowest BCUT2D eigenvalue weighted by Gasteiger charge is -2.09. The van der Waals surface area contributed by atoms with Crippen LogP contribution in [0.5, 0.6) is 0 Å². The number of rotatable bonds is 5. The van der Waals surface area contributed by atoms with Crippen LogP contribution in [-0.4, -0.2) is 21.9 Å². The van der Waals surface area contributed by atoms with Gasteiger partial charge >= 0.3 is 0 Å². The second kappa shape index (κ2) is 9.16. The van der Waals surface area contributed by atoms with Gasteiger partial charge in [0.15, 0.2) is 5.69 Å². The van der Waals surface area contributed by atoms with Gasteiger partial charge in [0.05, 0.1) is 17.6 Å². The van der Waals surface area contributed by atoms with Crippen molar-refractivity contribution in [2.45, 2.75) is 13.8 Å². The Morgan fingerprint density at radius 2 is 1.65 bits per heavy atom. The second-order valence-electron chi connectivity index (χ2n) is 8.28. The monoisotopic (exact) mass is 444 g/mol. The van der Waals surface area contributed by atoms with Crippen LogP contribution < -0.4 is 5.43 Å². The minimum absolute atomic E-state index is 0.298. The average Bonchev–Trinajstić information content (AvgIpc) is 3.31. The van der Waals surface area contributed by atoms with Crippen molar-refractivity contribution in [1.82, 2.24) is 15.2 Å². The normalized spacial score (nSPS) is 11.2. The summed E-state index contributed by atoms with van der Waals surface area (Å²) in [5, 5.41) is 11.1. The third kappa shape index (κ3) is 4.36. The second-order valence-corrected chi connectivity index (χ2v) is 8.28. The van der Waals surface area contributed by atoms with Crippen molar-refractivity contribution in [2.24, 2.45) is 5.10 Å². The van der Waals surface area contributed by atoms with Gasteiger partial charge in [-0.2, -0.15) is 10.2 Å². The van der Waals surface area contributed by atoms with Gasteiger partial charge in [0.25, 0.3) is 5.91 Å². The van der Waals surface area contributed by atoms with Crippen LogP contribution >= 0.6 is 0 Å². The van der Waals surface area contributed by atoms with Gasteiger partial charge < -0.3 is 0 Å². The summed E-state index contributed by atoms with van der Waals surface area (Å²) in [5.74, 6) is -0.363. The Hall–Kier alpha value is -4.51. The molecule has 0 atom stereocenters. The van der Waals surface area contributed by atoms with E-state index in [2.05, 4.69) is 52.0 Å². The molecule has 34 heavy (non-hydrogen) atoms. The van der Waals surface area contributed by atoms with Gasteiger partial charge in [0, 0.05) is 5.56 Å². The van der Waals surface area contributed by atoms with Crippen molar-refractivity contribution in [3.63, 3.8) is 0 Å². The number of hydrazone groups is 1. The third-order valence-electron chi connectivity index (χ3n) is 5.79. The number of aryl methyl sites for hydroxylation is 2. The maximum atomic E-state index is 12.9. The topological polar surface area (TPSA) is 59.3 Å². The molecule has 166 valence electrons. The highest BCUT2D eigenvalue weighted by atomic mass is 16.2. The van der Waals surface area contributed by atoms with Crippen molar-refractivity contribution in [3.05, 3.63) is 119 Å². The van der Waals surface area contributed by atoms with E-state index in [-0.39, 0.29) is 5.91 Å². The number of amides is 1. The molecule has 1 amide bonds. The third-order valence-corrected chi connectivity index (χ3v) is 5.79. The van der Waals surface area contributed by atoms with E-state index in [0.29, 0.717) is 5.69 Å². The molecule has 4 aromatic carbocycles. The zero-order chi connectivity index (χ0) is 23.5. The molecule has 0 saturated heterocycles. The minimum atomic E-state index is -0.363. The lowest BCUT2D eigenvalue weighted by molar-refractivity contribution is 0.0949. The van der Waals surface area contributed by atoms with E-state index in [4.69, 9.17) is 0 Å². The van der Waals surface area contributed by atoms with Gasteiger partial charge in [-0.05, 0) is 65.6 Å². The average molecular weight is 445 g/mol. The molecule has 0 aliphatic heterocycles. The molecule has 5 aromatic rings. The summed E-state index contributed by atoms with van der Waals surface area (Å²) in [7, 11) is 0. The molecule has 0 spiro atoms. The first-order chi connectivity index (χ1) is 16.6. The zero-order valence-corrected chi connectivity index (χ0v) is 19.1. The molecule has 0 bridgehead atoms. The number of nitrogens with zero attached hydrogens (tertiary/aromatic N) is 3. The maximum Gasteiger partial charge on any atom is 0.291 e. The van der Waals surface area contributed by atoms with Crippen LogP contribution in [0, 0.1) is 13.8 Å². The first-order valence-corrected chi connectivity index (χ1v) is 11.1. The summed E-state index contributed by atoms with van der Waals surface area (Å²) in [4.78, 5) is 12.9. The van der Waals surface area contributed by atoms with Gasteiger partial charge in [-0.3, -0.25) is 4.79 Å². The molecular weight excluding hydrogens is 420 g/mol. The quantitative estimate of drug-likeness (QED) is 0.264. The SMILES string of the molecule is Cc1cccc(-n2nc(C(=O)N/N=C\c3ccccc3C)cc2-c2ccc3ccccc3c2)c1. The zero-order valence-electron chi connectivity index (χ0n) is 19.1. The summed E-state index contributed by atoms with van der Waals surface area (Å²) in [6.45, 7) is 4.04. The Bertz CT molecular complexity index is 1530. The molecule has 5 heteroatoms. The van der Waals surface area contributed by atoms with Crippen molar-refractivity contribution in [2.75, 3.05) is 0 Å². The Kier molecular flexibility index (Phi) is 5.75. The summed E-state index contributed by atoms with van der Waals surface area (Å²) < 4.78 is 1.82. The molecule has 0 unspecified atom stereocenters. The Labute approximate surface area is 198 Å². The number of carbonyl (C=O) groups excluding carboxylic acids is 1. The summed E-state index contributed by atoms with van der Waals surface area (Å²) >= 11 is 0. The molecule has 0 saturated carbocycles. The van der Waals surface area contributed by atoms with E-state index in [9.17, 15) is 4.79 Å². The predicted molar refractivity (Wildman–Crippen MR) is 137 cm³/mol. The van der Waals surface area contributed by atoms with E-state index in [1.807, 2.05) is 79.2 Å². The Balaban J connectivity index is 1.52. The number of benzene rings is 4. The fourth-order valence-electron chi connectivity index (χ4n) is 3.95. The number of hydrogen-bond donors (Lipinski definition) is 1. The van der Waals surface area contributed by atoms with E-state index in [1.165, 1.54) is 0 Å². The number of nitrogens with one attached hydrogen (secondary N) is 1. The van der Waals surface area contributed by atoms with Gasteiger partial charge in [-0.25, -0.2) is 10.1 Å². The minimum Gasteiger partial charge on any atom is -0.265 e. The van der Waals surface area contributed by atoms with Crippen LogP contribution in [0.1, 0.15) is 27.2 Å². The smallest absolute Gasteiger partial charge is 0.265 e. The van der Waals surface area contributed by atoms with Crippen LogP contribution in [0.2, 0.25) is 0 Å². The standard InChI is InChI=1S/C29H24N4O/c1-20-8-7-13-26(16-20)33-28(24-15-14-22-10-5-6-11-23(22)17-24)18-27(32-33)29(34)31-30-19-25-12-4-3-9-21(25)2/h3-19H,1-2H3,(H,31,34)/b30-19-. The van der Waals surface area contributed by atoms with E-state index in [0.717, 1.165) is 44.4 Å². The molecule has 0 fully saturated rings. The molecule has 1 N–H and O–H groups in total. The molecular formula is C29H24N4O. The molecule has 5 rings (SSSR count). The highest BCUT2D eigenvalue weighted by molar-refractivity contribution is 5.95. The van der Waals surface area contributed by atoms with Gasteiger partial charge in [0.2, 0.25) is 0 Å². The number of carbonyl (C=O) groups is 1. The van der Waals surface area contributed by atoms with Crippen molar-refractivity contribution < 1.29 is 4.79 Å². The van der Waals surface area contributed by atoms with Crippen molar-refractivity contribution in [3.8, 4) is 16.9 Å². The van der Waals surface area contributed by atoms with Crippen molar-refractivity contribution >= 4 is 22.9 Å². The van der Waals surface area contributed by atoms with Crippen LogP contribution in [0.4, 0.5) is 0 Å². The van der Waals surface area contributed by atoms with Crippen LogP contribution in [-0.2, 0) is 0 Å². The number of hydrogen-bond acceptors (Lipinski definition) is 3. The van der Waals surface area contributed by atoms with Crippen LogP contribution in [0.15, 0.2) is 102 Å². The van der Waals surface area contributed by atoms with E-state index >= 15 is 0 Å². The highest BCUT2D eigenvalue weighted by Crippen LogP contribution is 2.28. The molecule has 1 aromatic heterocycles. The van der Waals surface area contributed by atoms with Crippen LogP contribution in [0.25, 0.3) is 27.7 Å². The Morgan fingerprint density at radius 1 is 0.853 bits per heavy atom. The molecule has 0 aliphatic rings. The largest absolute Gasteiger partial charge is 0.291 e. The summed E-state index contributed by atoms with van der Waals surface area (Å²) in [5.41, 5.74) is 8.78. The van der Waals surface area contributed by atoms with E-state index in [1.54, 1.807) is 6.21 Å². The van der Waals surface area contributed by atoms with Crippen LogP contribution in [0.3, 0.4) is 0 Å².